The molecule has 2 aromatic rings. The molecular weight excluding hydrogens is 236 g/mol. The third kappa shape index (κ3) is 1.68. The van der Waals surface area contributed by atoms with Crippen LogP contribution in [0.2, 0.25) is 0 Å². The lowest BCUT2D eigenvalue weighted by atomic mass is 10.1. The van der Waals surface area contributed by atoms with E-state index in [0.717, 1.165) is 31.6 Å². The first-order valence-corrected chi connectivity index (χ1v) is 5.92. The number of hydrogen-bond donors (Lipinski definition) is 0. The van der Waals surface area contributed by atoms with Crippen molar-refractivity contribution in [3.8, 4) is 0 Å². The van der Waals surface area contributed by atoms with E-state index < -0.39 is 4.92 Å². The molecule has 0 saturated carbocycles. The lowest BCUT2D eigenvalue weighted by molar-refractivity contribution is -0.383. The maximum absolute atomic E-state index is 10.9. The minimum absolute atomic E-state index is 0.0630. The van der Waals surface area contributed by atoms with Crippen LogP contribution in [-0.4, -0.2) is 28.4 Å². The largest absolute Gasteiger partial charge is 0.368 e. The van der Waals surface area contributed by atoms with Crippen molar-refractivity contribution < 1.29 is 9.45 Å². The van der Waals surface area contributed by atoms with Crippen LogP contribution in [0.4, 0.5) is 11.4 Å². The number of hydrogen-bond acceptors (Lipinski definition) is 6. The Bertz CT molecular complexity index is 589. The lowest BCUT2D eigenvalue weighted by Crippen LogP contribution is -2.29. The summed E-state index contributed by atoms with van der Waals surface area (Å²) in [5.74, 6) is 0. The average Bonchev–Trinajstić information content (AvgIpc) is 2.87. The van der Waals surface area contributed by atoms with Gasteiger partial charge in [0.1, 0.15) is 0 Å². The Kier molecular flexibility index (Phi) is 2.58. The lowest BCUT2D eigenvalue weighted by Gasteiger charge is -2.28. The van der Waals surface area contributed by atoms with E-state index in [4.69, 9.17) is 4.52 Å². The number of nitro groups is 1. The van der Waals surface area contributed by atoms with Gasteiger partial charge in [0.25, 0.3) is 0 Å². The molecule has 0 radical (unpaired) electrons. The van der Waals surface area contributed by atoms with Gasteiger partial charge in [-0.2, -0.15) is 0 Å². The van der Waals surface area contributed by atoms with Crippen LogP contribution in [0.25, 0.3) is 11.1 Å². The molecule has 2 heterocycles. The van der Waals surface area contributed by atoms with Crippen molar-refractivity contribution in [2.75, 3.05) is 18.0 Å². The number of nitro benzene ring substituents is 1. The van der Waals surface area contributed by atoms with Crippen molar-refractivity contribution >= 4 is 22.5 Å². The highest BCUT2D eigenvalue weighted by Gasteiger charge is 2.23. The van der Waals surface area contributed by atoms with Crippen LogP contribution in [-0.2, 0) is 0 Å². The molecule has 1 saturated heterocycles. The molecule has 7 nitrogen and oxygen atoms in total. The fraction of sp³-hybridized carbons (Fsp3) is 0.455. The highest BCUT2D eigenvalue weighted by atomic mass is 16.6. The summed E-state index contributed by atoms with van der Waals surface area (Å²) in [6.07, 6.45) is 3.47. The van der Waals surface area contributed by atoms with Gasteiger partial charge in [-0.15, -0.1) is 5.10 Å². The Balaban J connectivity index is 2.10. The van der Waals surface area contributed by atoms with Gasteiger partial charge in [0, 0.05) is 24.4 Å². The van der Waals surface area contributed by atoms with Crippen LogP contribution in [0, 0.1) is 10.1 Å². The number of rotatable bonds is 2. The second-order valence-corrected chi connectivity index (χ2v) is 4.36. The first kappa shape index (κ1) is 10.9. The third-order valence-electron chi connectivity index (χ3n) is 3.26. The monoisotopic (exact) mass is 248 g/mol. The molecule has 3 rings (SSSR count). The van der Waals surface area contributed by atoms with Gasteiger partial charge in [-0.25, -0.2) is 0 Å². The van der Waals surface area contributed by atoms with Gasteiger partial charge in [-0.1, -0.05) is 0 Å². The highest BCUT2D eigenvalue weighted by molar-refractivity contribution is 5.92. The van der Waals surface area contributed by atoms with Gasteiger partial charge in [0.15, 0.2) is 0 Å². The van der Waals surface area contributed by atoms with Crippen molar-refractivity contribution in [3.63, 3.8) is 0 Å². The van der Waals surface area contributed by atoms with Crippen molar-refractivity contribution in [2.45, 2.75) is 19.3 Å². The van der Waals surface area contributed by atoms with Crippen molar-refractivity contribution in [2.24, 2.45) is 0 Å². The summed E-state index contributed by atoms with van der Waals surface area (Å²) in [5, 5.41) is 18.0. The minimum Gasteiger partial charge on any atom is -0.368 e. The van der Waals surface area contributed by atoms with Crippen molar-refractivity contribution in [3.05, 3.63) is 22.2 Å². The Morgan fingerprint density at radius 2 is 2.06 bits per heavy atom. The molecule has 0 bridgehead atoms. The molecule has 1 aromatic carbocycles. The van der Waals surface area contributed by atoms with Crippen LogP contribution >= 0.6 is 0 Å². The van der Waals surface area contributed by atoms with Gasteiger partial charge < -0.3 is 9.42 Å². The molecule has 0 spiro atoms. The molecule has 7 heteroatoms. The van der Waals surface area contributed by atoms with E-state index >= 15 is 0 Å². The molecule has 0 atom stereocenters. The SMILES string of the molecule is O=[N+]([O-])c1ccc(N2CCCCC2)c2onnc12. The van der Waals surface area contributed by atoms with E-state index in [1.54, 1.807) is 6.07 Å². The molecule has 94 valence electrons. The second-order valence-electron chi connectivity index (χ2n) is 4.36. The van der Waals surface area contributed by atoms with Gasteiger partial charge >= 0.3 is 5.69 Å². The molecule has 0 amide bonds. The molecule has 1 aliphatic rings. The van der Waals surface area contributed by atoms with Crippen LogP contribution < -0.4 is 4.90 Å². The Morgan fingerprint density at radius 1 is 1.28 bits per heavy atom. The first-order valence-electron chi connectivity index (χ1n) is 5.92. The van der Waals surface area contributed by atoms with Gasteiger partial charge in [-0.3, -0.25) is 10.1 Å². The number of aromatic nitrogens is 2. The van der Waals surface area contributed by atoms with E-state index in [2.05, 4.69) is 15.3 Å². The van der Waals surface area contributed by atoms with E-state index in [1.165, 1.54) is 12.5 Å². The van der Waals surface area contributed by atoms with Gasteiger partial charge in [-0.05, 0) is 25.3 Å². The number of anilines is 1. The fourth-order valence-corrected chi connectivity index (χ4v) is 2.37. The van der Waals surface area contributed by atoms with Gasteiger partial charge in [0.05, 0.1) is 10.6 Å². The quantitative estimate of drug-likeness (QED) is 0.597. The number of nitrogens with zero attached hydrogens (tertiary/aromatic N) is 4. The van der Waals surface area contributed by atoms with E-state index in [0.29, 0.717) is 5.58 Å². The summed E-state index contributed by atoms with van der Waals surface area (Å²) < 4.78 is 5.09. The predicted molar refractivity (Wildman–Crippen MR) is 64.5 cm³/mol. The summed E-state index contributed by atoms with van der Waals surface area (Å²) in [4.78, 5) is 12.6. The average molecular weight is 248 g/mol. The molecule has 0 aliphatic carbocycles. The summed E-state index contributed by atoms with van der Waals surface area (Å²) in [7, 11) is 0. The first-order chi connectivity index (χ1) is 8.77. The van der Waals surface area contributed by atoms with E-state index in [9.17, 15) is 10.1 Å². The zero-order valence-corrected chi connectivity index (χ0v) is 9.70. The number of benzene rings is 1. The normalized spacial score (nSPS) is 16.1. The van der Waals surface area contributed by atoms with Crippen molar-refractivity contribution in [1.82, 2.24) is 10.4 Å². The number of fused-ring (bicyclic) bond motifs is 1. The molecule has 0 unspecified atom stereocenters. The van der Waals surface area contributed by atoms with E-state index in [-0.39, 0.29) is 11.2 Å². The zero-order valence-electron chi connectivity index (χ0n) is 9.70. The van der Waals surface area contributed by atoms with Crippen LogP contribution in [0.15, 0.2) is 16.7 Å². The number of non-ortho nitro benzene ring substituents is 1. The maximum atomic E-state index is 10.9. The summed E-state index contributed by atoms with van der Waals surface area (Å²) in [6.45, 7) is 1.88. The summed E-state index contributed by atoms with van der Waals surface area (Å²) >= 11 is 0. The molecular formula is C11H12N4O3. The van der Waals surface area contributed by atoms with Gasteiger partial charge in [0.2, 0.25) is 11.1 Å². The fourth-order valence-electron chi connectivity index (χ4n) is 2.37. The maximum Gasteiger partial charge on any atom is 0.301 e. The smallest absolute Gasteiger partial charge is 0.301 e. The Hall–Kier alpha value is -2.18. The van der Waals surface area contributed by atoms with Crippen LogP contribution in [0.1, 0.15) is 19.3 Å². The molecule has 1 fully saturated rings. The molecule has 18 heavy (non-hydrogen) atoms. The Morgan fingerprint density at radius 3 is 2.78 bits per heavy atom. The zero-order chi connectivity index (χ0) is 12.5. The van der Waals surface area contributed by atoms with E-state index in [1.807, 2.05) is 0 Å². The second kappa shape index (κ2) is 4.25. The highest BCUT2D eigenvalue weighted by Crippen LogP contribution is 2.33. The standard InChI is InChI=1S/C11H12N4O3/c16-15(17)8-4-5-9(11-10(8)12-13-18-11)14-6-2-1-3-7-14/h4-5H,1-3,6-7H2. The van der Waals surface area contributed by atoms with Crippen LogP contribution in [0.3, 0.4) is 0 Å². The summed E-state index contributed by atoms with van der Waals surface area (Å²) in [6, 6.07) is 3.19. The molecule has 1 aromatic heterocycles. The molecule has 1 aliphatic heterocycles. The minimum atomic E-state index is -0.466. The van der Waals surface area contributed by atoms with Crippen molar-refractivity contribution in [1.29, 1.82) is 0 Å². The van der Waals surface area contributed by atoms with Crippen LogP contribution in [0.5, 0.6) is 0 Å². The third-order valence-corrected chi connectivity index (χ3v) is 3.26. The predicted octanol–water partition coefficient (Wildman–Crippen LogP) is 2.12. The Labute approximate surface area is 102 Å². The molecule has 0 N–H and O–H groups in total. The number of piperidine rings is 1. The summed E-state index contributed by atoms with van der Waals surface area (Å²) in [5.41, 5.74) is 1.42. The topological polar surface area (TPSA) is 85.3 Å².